The molecule has 3 N–H and O–H groups in total. The molecule has 0 heterocycles. The van der Waals surface area contributed by atoms with E-state index in [1.54, 1.807) is 0 Å². The SMILES string of the molecule is CN(CCC#N)S(=O)(=O)NC(CN)C1CCCCC1. The van der Waals surface area contributed by atoms with E-state index in [1.807, 2.05) is 6.07 Å². The Labute approximate surface area is 116 Å². The zero-order chi connectivity index (χ0) is 14.3. The molecule has 0 saturated heterocycles. The van der Waals surface area contributed by atoms with Gasteiger partial charge in [0, 0.05) is 32.6 Å². The fourth-order valence-corrected chi connectivity index (χ4v) is 3.67. The molecule has 6 nitrogen and oxygen atoms in total. The van der Waals surface area contributed by atoms with Crippen LogP contribution in [0.3, 0.4) is 0 Å². The molecule has 1 saturated carbocycles. The molecule has 1 fully saturated rings. The van der Waals surface area contributed by atoms with Crippen LogP contribution in [0.5, 0.6) is 0 Å². The second kappa shape index (κ2) is 7.80. The normalized spacial score (nSPS) is 19.3. The summed E-state index contributed by atoms with van der Waals surface area (Å²) >= 11 is 0. The molecule has 1 atom stereocenters. The maximum atomic E-state index is 12.1. The van der Waals surface area contributed by atoms with Crippen LogP contribution >= 0.6 is 0 Å². The Hall–Kier alpha value is -0.680. The smallest absolute Gasteiger partial charge is 0.279 e. The van der Waals surface area contributed by atoms with Crippen LogP contribution in [0.2, 0.25) is 0 Å². The van der Waals surface area contributed by atoms with E-state index >= 15 is 0 Å². The summed E-state index contributed by atoms with van der Waals surface area (Å²) in [6, 6.07) is 1.74. The summed E-state index contributed by atoms with van der Waals surface area (Å²) in [6.07, 6.45) is 5.77. The molecule has 0 aromatic heterocycles. The van der Waals surface area contributed by atoms with E-state index in [9.17, 15) is 8.42 Å². The molecular weight excluding hydrogens is 264 g/mol. The average molecular weight is 288 g/mol. The number of hydrogen-bond acceptors (Lipinski definition) is 4. The monoisotopic (exact) mass is 288 g/mol. The molecule has 110 valence electrons. The maximum absolute atomic E-state index is 12.1. The lowest BCUT2D eigenvalue weighted by Gasteiger charge is -2.31. The zero-order valence-electron chi connectivity index (χ0n) is 11.5. The predicted octanol–water partition coefficient (Wildman–Crippen LogP) is 0.574. The third kappa shape index (κ3) is 5.07. The van der Waals surface area contributed by atoms with Gasteiger partial charge in [0.25, 0.3) is 10.2 Å². The van der Waals surface area contributed by atoms with Crippen LogP contribution in [-0.2, 0) is 10.2 Å². The highest BCUT2D eigenvalue weighted by molar-refractivity contribution is 7.87. The lowest BCUT2D eigenvalue weighted by molar-refractivity contribution is 0.290. The summed E-state index contributed by atoms with van der Waals surface area (Å²) in [7, 11) is -2.06. The standard InChI is InChI=1S/C12H24N4O2S/c1-16(9-5-8-13)19(17,18)15-12(10-14)11-6-3-2-4-7-11/h11-12,15H,2-7,9-10,14H2,1H3. The third-order valence-corrected chi connectivity index (χ3v) is 5.33. The van der Waals surface area contributed by atoms with Gasteiger partial charge in [-0.1, -0.05) is 19.3 Å². The van der Waals surface area contributed by atoms with Crippen LogP contribution in [-0.4, -0.2) is 38.9 Å². The van der Waals surface area contributed by atoms with E-state index in [0.717, 1.165) is 25.7 Å². The van der Waals surface area contributed by atoms with E-state index in [0.29, 0.717) is 12.5 Å². The van der Waals surface area contributed by atoms with Gasteiger partial charge in [0.05, 0.1) is 6.07 Å². The van der Waals surface area contributed by atoms with E-state index in [-0.39, 0.29) is 19.0 Å². The second-order valence-electron chi connectivity index (χ2n) is 5.09. The van der Waals surface area contributed by atoms with Gasteiger partial charge in [-0.2, -0.15) is 22.7 Å². The lowest BCUT2D eigenvalue weighted by Crippen LogP contribution is -2.50. The van der Waals surface area contributed by atoms with Crippen molar-refractivity contribution in [3.63, 3.8) is 0 Å². The van der Waals surface area contributed by atoms with Crippen molar-refractivity contribution in [2.24, 2.45) is 11.7 Å². The predicted molar refractivity (Wildman–Crippen MR) is 74.3 cm³/mol. The van der Waals surface area contributed by atoms with Gasteiger partial charge in [-0.25, -0.2) is 0 Å². The van der Waals surface area contributed by atoms with Crippen LogP contribution in [0.15, 0.2) is 0 Å². The van der Waals surface area contributed by atoms with Crippen molar-refractivity contribution in [3.8, 4) is 6.07 Å². The Bertz CT molecular complexity index is 398. The molecule has 0 aromatic carbocycles. The largest absolute Gasteiger partial charge is 0.329 e. The first kappa shape index (κ1) is 16.4. The molecule has 7 heteroatoms. The summed E-state index contributed by atoms with van der Waals surface area (Å²) in [6.45, 7) is 0.518. The van der Waals surface area contributed by atoms with Crippen LogP contribution in [0.25, 0.3) is 0 Å². The van der Waals surface area contributed by atoms with Crippen molar-refractivity contribution in [3.05, 3.63) is 0 Å². The Balaban J connectivity index is 2.60. The minimum atomic E-state index is -3.54. The van der Waals surface area contributed by atoms with Crippen molar-refractivity contribution < 1.29 is 8.42 Å². The first-order chi connectivity index (χ1) is 9.01. The van der Waals surface area contributed by atoms with Crippen molar-refractivity contribution in [2.75, 3.05) is 20.1 Å². The van der Waals surface area contributed by atoms with Crippen molar-refractivity contribution in [1.29, 1.82) is 5.26 Å². The van der Waals surface area contributed by atoms with Gasteiger partial charge in [-0.15, -0.1) is 0 Å². The Morgan fingerprint density at radius 3 is 2.58 bits per heavy atom. The van der Waals surface area contributed by atoms with Gasteiger partial charge in [0.2, 0.25) is 0 Å². The number of nitrogens with two attached hydrogens (primary N) is 1. The summed E-state index contributed by atoms with van der Waals surface area (Å²) in [4.78, 5) is 0. The minimum Gasteiger partial charge on any atom is -0.329 e. The molecule has 1 unspecified atom stereocenters. The second-order valence-corrected chi connectivity index (χ2v) is 6.90. The molecule has 0 radical (unpaired) electrons. The van der Waals surface area contributed by atoms with E-state index < -0.39 is 10.2 Å². The molecular formula is C12H24N4O2S. The van der Waals surface area contributed by atoms with Crippen LogP contribution < -0.4 is 10.5 Å². The molecule has 0 amide bonds. The Morgan fingerprint density at radius 1 is 1.42 bits per heavy atom. The van der Waals surface area contributed by atoms with Gasteiger partial charge in [-0.3, -0.25) is 0 Å². The van der Waals surface area contributed by atoms with Gasteiger partial charge < -0.3 is 5.73 Å². The van der Waals surface area contributed by atoms with Gasteiger partial charge in [0.15, 0.2) is 0 Å². The summed E-state index contributed by atoms with van der Waals surface area (Å²) in [5, 5.41) is 8.50. The Morgan fingerprint density at radius 2 is 2.05 bits per heavy atom. The minimum absolute atomic E-state index is 0.189. The summed E-state index contributed by atoms with van der Waals surface area (Å²) in [5.74, 6) is 0.331. The number of nitriles is 1. The highest BCUT2D eigenvalue weighted by Crippen LogP contribution is 2.26. The van der Waals surface area contributed by atoms with E-state index in [1.165, 1.54) is 17.8 Å². The molecule has 1 aliphatic carbocycles. The highest BCUT2D eigenvalue weighted by atomic mass is 32.2. The fraction of sp³-hybridized carbons (Fsp3) is 0.917. The maximum Gasteiger partial charge on any atom is 0.279 e. The van der Waals surface area contributed by atoms with Gasteiger partial charge in [-0.05, 0) is 18.8 Å². The molecule has 1 aliphatic rings. The fourth-order valence-electron chi connectivity index (χ4n) is 2.48. The number of nitrogens with one attached hydrogen (secondary N) is 1. The lowest BCUT2D eigenvalue weighted by atomic mass is 9.84. The van der Waals surface area contributed by atoms with Crippen molar-refractivity contribution in [2.45, 2.75) is 44.6 Å². The molecule has 0 bridgehead atoms. The molecule has 19 heavy (non-hydrogen) atoms. The topological polar surface area (TPSA) is 99.2 Å². The number of nitrogens with zero attached hydrogens (tertiary/aromatic N) is 2. The summed E-state index contributed by atoms with van der Waals surface area (Å²) < 4.78 is 28.1. The van der Waals surface area contributed by atoms with Crippen LogP contribution in [0, 0.1) is 17.2 Å². The van der Waals surface area contributed by atoms with Gasteiger partial charge in [0.1, 0.15) is 0 Å². The molecule has 0 aliphatic heterocycles. The Kier molecular flexibility index (Phi) is 6.72. The molecule has 0 spiro atoms. The van der Waals surface area contributed by atoms with E-state index in [4.69, 9.17) is 11.0 Å². The summed E-state index contributed by atoms with van der Waals surface area (Å²) in [5.41, 5.74) is 5.71. The average Bonchev–Trinajstić information content (AvgIpc) is 2.43. The van der Waals surface area contributed by atoms with Crippen LogP contribution in [0.4, 0.5) is 0 Å². The van der Waals surface area contributed by atoms with Crippen molar-refractivity contribution >= 4 is 10.2 Å². The zero-order valence-corrected chi connectivity index (χ0v) is 12.3. The number of rotatable bonds is 7. The number of hydrogen-bond donors (Lipinski definition) is 2. The van der Waals surface area contributed by atoms with E-state index in [2.05, 4.69) is 4.72 Å². The molecule has 0 aromatic rings. The first-order valence-corrected chi connectivity index (χ1v) is 8.26. The third-order valence-electron chi connectivity index (χ3n) is 3.72. The first-order valence-electron chi connectivity index (χ1n) is 6.82. The van der Waals surface area contributed by atoms with Gasteiger partial charge >= 0.3 is 0 Å². The van der Waals surface area contributed by atoms with Crippen LogP contribution in [0.1, 0.15) is 38.5 Å². The molecule has 1 rings (SSSR count). The van der Waals surface area contributed by atoms with Crippen molar-refractivity contribution in [1.82, 2.24) is 9.03 Å². The quantitative estimate of drug-likeness (QED) is 0.715. The highest BCUT2D eigenvalue weighted by Gasteiger charge is 2.28.